The second-order valence-electron chi connectivity index (χ2n) is 14.9. The van der Waals surface area contributed by atoms with Crippen LogP contribution in [-0.2, 0) is 23.9 Å². The molecule has 0 aromatic carbocycles. The van der Waals surface area contributed by atoms with Crippen LogP contribution in [0.5, 0.6) is 0 Å². The van der Waals surface area contributed by atoms with Gasteiger partial charge in [0.1, 0.15) is 12.4 Å². The van der Waals surface area contributed by atoms with Crippen molar-refractivity contribution in [3.05, 3.63) is 12.2 Å². The summed E-state index contributed by atoms with van der Waals surface area (Å²) in [6, 6.07) is 0. The summed E-state index contributed by atoms with van der Waals surface area (Å²) in [5.41, 5.74) is 0. The van der Waals surface area contributed by atoms with Crippen molar-refractivity contribution in [2.45, 2.75) is 212 Å². The molecule has 5 atom stereocenters. The standard InChI is InChI=1S/C42H76O8/c1-3-5-7-8-9-10-11-12-13-14-15-16-17-18-19-25-29-42(48)50-36(33-43)34-49-41(47)28-24-21-20-23-27-37-38(40(46)32-39(37)45)31-30-35(44)26-22-6-4-2/h30-31,35-38,40,43-44,46H,3-29,32-34H2,1-2H3/b31-30+/t35-,36-,37+,38+,40+/m0/s1. The molecule has 0 aliphatic heterocycles. The minimum Gasteiger partial charge on any atom is -0.462 e. The lowest BCUT2D eigenvalue weighted by molar-refractivity contribution is -0.161. The Morgan fingerprint density at radius 2 is 1.20 bits per heavy atom. The molecule has 0 aromatic rings. The average molecular weight is 709 g/mol. The zero-order valence-electron chi connectivity index (χ0n) is 32.1. The van der Waals surface area contributed by atoms with Crippen molar-refractivity contribution in [2.75, 3.05) is 13.2 Å². The molecule has 0 radical (unpaired) electrons. The van der Waals surface area contributed by atoms with E-state index in [4.69, 9.17) is 9.47 Å². The summed E-state index contributed by atoms with van der Waals surface area (Å²) in [7, 11) is 0. The largest absolute Gasteiger partial charge is 0.462 e. The SMILES string of the molecule is CCCCCCCCCCCCCCCCCCC(=O)O[C@@H](CO)COC(=O)CCCCCC[C@H]1C(=O)C[C@@H](O)[C@@H]1/C=C/[C@@H](O)CCCCC. The number of rotatable bonds is 34. The molecule has 0 unspecified atom stereocenters. The molecule has 1 aliphatic carbocycles. The first-order valence-corrected chi connectivity index (χ1v) is 20.8. The molecule has 50 heavy (non-hydrogen) atoms. The van der Waals surface area contributed by atoms with E-state index in [0.29, 0.717) is 25.7 Å². The molecule has 0 amide bonds. The van der Waals surface area contributed by atoms with Gasteiger partial charge < -0.3 is 24.8 Å². The molecule has 8 heteroatoms. The van der Waals surface area contributed by atoms with Crippen molar-refractivity contribution in [3.63, 3.8) is 0 Å². The topological polar surface area (TPSA) is 130 Å². The molecule has 1 rings (SSSR count). The Balaban J connectivity index is 2.05. The van der Waals surface area contributed by atoms with E-state index in [9.17, 15) is 29.7 Å². The van der Waals surface area contributed by atoms with Gasteiger partial charge in [-0.15, -0.1) is 0 Å². The third kappa shape index (κ3) is 24.4. The summed E-state index contributed by atoms with van der Waals surface area (Å²) in [5.74, 6) is -1.13. The fourth-order valence-electron chi connectivity index (χ4n) is 6.98. The molecule has 292 valence electrons. The first kappa shape index (κ1) is 46.3. The van der Waals surface area contributed by atoms with Gasteiger partial charge >= 0.3 is 11.9 Å². The van der Waals surface area contributed by atoms with Crippen molar-refractivity contribution >= 4 is 17.7 Å². The first-order valence-electron chi connectivity index (χ1n) is 20.8. The van der Waals surface area contributed by atoms with E-state index in [0.717, 1.165) is 57.8 Å². The second-order valence-corrected chi connectivity index (χ2v) is 14.9. The van der Waals surface area contributed by atoms with Crippen LogP contribution in [0, 0.1) is 11.8 Å². The Labute approximate surface area is 305 Å². The quantitative estimate of drug-likeness (QED) is 0.0342. The summed E-state index contributed by atoms with van der Waals surface area (Å²) in [6.07, 6.45) is 30.3. The van der Waals surface area contributed by atoms with Gasteiger partial charge in [0, 0.05) is 31.1 Å². The number of aliphatic hydroxyl groups excluding tert-OH is 3. The van der Waals surface area contributed by atoms with Crippen LogP contribution >= 0.6 is 0 Å². The van der Waals surface area contributed by atoms with Crippen LogP contribution in [0.2, 0.25) is 0 Å². The highest BCUT2D eigenvalue weighted by molar-refractivity contribution is 5.84. The van der Waals surface area contributed by atoms with Crippen molar-refractivity contribution < 1.29 is 39.2 Å². The average Bonchev–Trinajstić information content (AvgIpc) is 3.37. The number of hydrogen-bond donors (Lipinski definition) is 3. The van der Waals surface area contributed by atoms with Crippen molar-refractivity contribution in [1.82, 2.24) is 0 Å². The molecule has 0 heterocycles. The fourth-order valence-corrected chi connectivity index (χ4v) is 6.98. The fraction of sp³-hybridized carbons (Fsp3) is 0.881. The minimum atomic E-state index is -0.841. The maximum atomic E-state index is 12.5. The van der Waals surface area contributed by atoms with Gasteiger partial charge in [0.2, 0.25) is 0 Å². The number of esters is 2. The third-order valence-corrected chi connectivity index (χ3v) is 10.2. The van der Waals surface area contributed by atoms with Crippen molar-refractivity contribution in [3.8, 4) is 0 Å². The molecule has 3 N–H and O–H groups in total. The third-order valence-electron chi connectivity index (χ3n) is 10.2. The lowest BCUT2D eigenvalue weighted by atomic mass is 9.88. The number of carbonyl (C=O) groups is 3. The van der Waals surface area contributed by atoms with Crippen LogP contribution in [0.15, 0.2) is 12.2 Å². The van der Waals surface area contributed by atoms with Crippen LogP contribution in [-0.4, -0.2) is 64.6 Å². The molecule has 1 aliphatic rings. The minimum absolute atomic E-state index is 0.0837. The normalized spacial score (nSPS) is 18.9. The van der Waals surface area contributed by atoms with Gasteiger partial charge in [0.25, 0.3) is 0 Å². The zero-order chi connectivity index (χ0) is 36.7. The van der Waals surface area contributed by atoms with E-state index < -0.39 is 18.3 Å². The molecule has 1 fully saturated rings. The van der Waals surface area contributed by atoms with Gasteiger partial charge in [-0.2, -0.15) is 0 Å². The Morgan fingerprint density at radius 1 is 0.720 bits per heavy atom. The summed E-state index contributed by atoms with van der Waals surface area (Å²) in [4.78, 5) is 36.9. The van der Waals surface area contributed by atoms with Crippen LogP contribution in [0.4, 0.5) is 0 Å². The van der Waals surface area contributed by atoms with E-state index in [2.05, 4.69) is 13.8 Å². The van der Waals surface area contributed by atoms with Crippen LogP contribution in [0.25, 0.3) is 0 Å². The predicted molar refractivity (Wildman–Crippen MR) is 202 cm³/mol. The number of ether oxygens (including phenoxy) is 2. The summed E-state index contributed by atoms with van der Waals surface area (Å²) < 4.78 is 10.6. The molecule has 1 saturated carbocycles. The molecule has 0 saturated heterocycles. The van der Waals surface area contributed by atoms with E-state index in [1.807, 2.05) is 6.08 Å². The zero-order valence-corrected chi connectivity index (χ0v) is 32.1. The summed E-state index contributed by atoms with van der Waals surface area (Å²) >= 11 is 0. The van der Waals surface area contributed by atoms with Gasteiger partial charge in [-0.25, -0.2) is 0 Å². The lowest BCUT2D eigenvalue weighted by Gasteiger charge is -2.18. The van der Waals surface area contributed by atoms with Gasteiger partial charge in [-0.3, -0.25) is 14.4 Å². The van der Waals surface area contributed by atoms with E-state index >= 15 is 0 Å². The van der Waals surface area contributed by atoms with Gasteiger partial charge in [0.05, 0.1) is 18.8 Å². The number of carbonyl (C=O) groups excluding carboxylic acids is 3. The second kappa shape index (κ2) is 31.9. The summed E-state index contributed by atoms with van der Waals surface area (Å²) in [6.45, 7) is 3.85. The highest BCUT2D eigenvalue weighted by atomic mass is 16.6. The number of Topliss-reactive ketones (excluding diaryl/α,β-unsaturated/α-hetero) is 1. The Morgan fingerprint density at radius 3 is 1.74 bits per heavy atom. The molecular weight excluding hydrogens is 632 g/mol. The van der Waals surface area contributed by atoms with Crippen LogP contribution in [0.3, 0.4) is 0 Å². The number of hydrogen-bond acceptors (Lipinski definition) is 8. The van der Waals surface area contributed by atoms with E-state index in [-0.39, 0.29) is 55.6 Å². The van der Waals surface area contributed by atoms with Gasteiger partial charge in [-0.05, 0) is 25.7 Å². The van der Waals surface area contributed by atoms with Crippen LogP contribution < -0.4 is 0 Å². The molecule has 8 nitrogen and oxygen atoms in total. The number of ketones is 1. The predicted octanol–water partition coefficient (Wildman–Crippen LogP) is 9.49. The molecule has 0 spiro atoms. The van der Waals surface area contributed by atoms with E-state index in [1.54, 1.807) is 6.08 Å². The summed E-state index contributed by atoms with van der Waals surface area (Å²) in [5, 5.41) is 30.2. The van der Waals surface area contributed by atoms with Crippen molar-refractivity contribution in [2.24, 2.45) is 11.8 Å². The monoisotopic (exact) mass is 709 g/mol. The van der Waals surface area contributed by atoms with Gasteiger partial charge in [-0.1, -0.05) is 161 Å². The van der Waals surface area contributed by atoms with Crippen LogP contribution in [0.1, 0.15) is 194 Å². The van der Waals surface area contributed by atoms with Gasteiger partial charge in [0.15, 0.2) is 6.10 Å². The highest BCUT2D eigenvalue weighted by Gasteiger charge is 2.39. The number of aliphatic hydroxyl groups is 3. The Kier molecular flexibility index (Phi) is 29.5. The maximum Gasteiger partial charge on any atom is 0.306 e. The van der Waals surface area contributed by atoms with Crippen molar-refractivity contribution in [1.29, 1.82) is 0 Å². The smallest absolute Gasteiger partial charge is 0.306 e. The molecule has 0 aromatic heterocycles. The maximum absolute atomic E-state index is 12.5. The first-order chi connectivity index (χ1) is 24.3. The van der Waals surface area contributed by atoms with E-state index in [1.165, 1.54) is 83.5 Å². The Hall–Kier alpha value is -1.77. The lowest BCUT2D eigenvalue weighted by Crippen LogP contribution is -2.28. The molecular formula is C42H76O8. The Bertz CT molecular complexity index is 874. The molecule has 0 bridgehead atoms. The highest BCUT2D eigenvalue weighted by Crippen LogP contribution is 2.34. The number of unbranched alkanes of at least 4 members (excludes halogenated alkanes) is 20.